The van der Waals surface area contributed by atoms with E-state index in [1.807, 2.05) is 0 Å². The van der Waals surface area contributed by atoms with Gasteiger partial charge in [0.15, 0.2) is 0 Å². The molecule has 0 amide bonds. The zero-order chi connectivity index (χ0) is 11.5. The number of rotatable bonds is 4. The van der Waals surface area contributed by atoms with Crippen molar-refractivity contribution < 1.29 is 9.13 Å². The van der Waals surface area contributed by atoms with Gasteiger partial charge in [-0.15, -0.1) is 0 Å². The van der Waals surface area contributed by atoms with Crippen LogP contribution in [0.15, 0.2) is 18.2 Å². The van der Waals surface area contributed by atoms with Gasteiger partial charge in [0.05, 0.1) is 0 Å². The number of ether oxygens (including phenoxy) is 1. The number of benzene rings is 1. The molecule has 2 N–H and O–H groups in total. The molecule has 0 unspecified atom stereocenters. The van der Waals surface area contributed by atoms with Gasteiger partial charge in [0.25, 0.3) is 0 Å². The molecule has 0 radical (unpaired) electrons. The third-order valence-corrected chi connectivity index (χ3v) is 2.05. The van der Waals surface area contributed by atoms with E-state index in [4.69, 9.17) is 22.1 Å². The van der Waals surface area contributed by atoms with Crippen LogP contribution in [-0.4, -0.2) is 12.3 Å². The van der Waals surface area contributed by atoms with E-state index >= 15 is 0 Å². The number of halogens is 2. The van der Waals surface area contributed by atoms with Gasteiger partial charge in [-0.1, -0.05) is 11.6 Å². The molecule has 2 nitrogen and oxygen atoms in total. The van der Waals surface area contributed by atoms with Crippen LogP contribution in [0.5, 0.6) is 5.75 Å². The summed E-state index contributed by atoms with van der Waals surface area (Å²) in [5.41, 5.74) is 4.95. The SMILES string of the molecule is CC(C)(F)COc1ccc(Cl)cc1CN. The Morgan fingerprint density at radius 2 is 2.13 bits per heavy atom. The lowest BCUT2D eigenvalue weighted by molar-refractivity contribution is 0.120. The van der Waals surface area contributed by atoms with Crippen molar-refractivity contribution in [3.8, 4) is 5.75 Å². The van der Waals surface area contributed by atoms with Crippen LogP contribution in [0.4, 0.5) is 4.39 Å². The molecule has 0 aromatic heterocycles. The monoisotopic (exact) mass is 231 g/mol. The minimum absolute atomic E-state index is 0.00162. The Morgan fingerprint density at radius 3 is 2.67 bits per heavy atom. The van der Waals surface area contributed by atoms with Crippen molar-refractivity contribution in [3.63, 3.8) is 0 Å². The van der Waals surface area contributed by atoms with E-state index in [0.29, 0.717) is 17.3 Å². The van der Waals surface area contributed by atoms with Crippen LogP contribution < -0.4 is 10.5 Å². The quantitative estimate of drug-likeness (QED) is 0.865. The summed E-state index contributed by atoms with van der Waals surface area (Å²) in [6, 6.07) is 5.12. The third-order valence-electron chi connectivity index (χ3n) is 1.81. The molecule has 1 aromatic rings. The lowest BCUT2D eigenvalue weighted by atomic mass is 10.2. The van der Waals surface area contributed by atoms with Gasteiger partial charge in [0, 0.05) is 17.1 Å². The Hall–Kier alpha value is -0.800. The predicted octanol–water partition coefficient (Wildman–Crippen LogP) is 2.93. The van der Waals surface area contributed by atoms with Gasteiger partial charge in [0.2, 0.25) is 0 Å². The summed E-state index contributed by atoms with van der Waals surface area (Å²) in [4.78, 5) is 0. The maximum atomic E-state index is 13.2. The van der Waals surface area contributed by atoms with E-state index in [-0.39, 0.29) is 6.61 Å². The first-order valence-electron chi connectivity index (χ1n) is 4.72. The largest absolute Gasteiger partial charge is 0.490 e. The van der Waals surface area contributed by atoms with Gasteiger partial charge in [-0.3, -0.25) is 0 Å². The van der Waals surface area contributed by atoms with Crippen molar-refractivity contribution in [1.82, 2.24) is 0 Å². The average Bonchev–Trinajstić information content (AvgIpc) is 2.14. The van der Waals surface area contributed by atoms with E-state index in [9.17, 15) is 4.39 Å². The van der Waals surface area contributed by atoms with Gasteiger partial charge < -0.3 is 10.5 Å². The van der Waals surface area contributed by atoms with Crippen LogP contribution in [0.2, 0.25) is 5.02 Å². The first kappa shape index (κ1) is 12.3. The summed E-state index contributed by atoms with van der Waals surface area (Å²) in [7, 11) is 0. The molecule has 0 saturated heterocycles. The fraction of sp³-hybridized carbons (Fsp3) is 0.455. The first-order valence-corrected chi connectivity index (χ1v) is 5.10. The highest BCUT2D eigenvalue weighted by molar-refractivity contribution is 6.30. The standard InChI is InChI=1S/C11H15ClFNO/c1-11(2,13)7-15-10-4-3-9(12)5-8(10)6-14/h3-5H,6-7,14H2,1-2H3. The summed E-state index contributed by atoms with van der Waals surface area (Å²) < 4.78 is 18.5. The molecule has 0 fully saturated rings. The second-order valence-electron chi connectivity index (χ2n) is 3.96. The molecule has 0 spiro atoms. The Labute approximate surface area is 94.2 Å². The molecule has 0 atom stereocenters. The fourth-order valence-electron chi connectivity index (χ4n) is 1.10. The van der Waals surface area contributed by atoms with Crippen LogP contribution in [0.1, 0.15) is 19.4 Å². The summed E-state index contributed by atoms with van der Waals surface area (Å²) >= 11 is 5.80. The van der Waals surface area contributed by atoms with Crippen molar-refractivity contribution in [2.24, 2.45) is 5.73 Å². The molecule has 15 heavy (non-hydrogen) atoms. The van der Waals surface area contributed by atoms with E-state index in [1.165, 1.54) is 13.8 Å². The summed E-state index contributed by atoms with van der Waals surface area (Å²) in [6.07, 6.45) is 0. The molecule has 0 heterocycles. The predicted molar refractivity (Wildman–Crippen MR) is 60.0 cm³/mol. The van der Waals surface area contributed by atoms with Gasteiger partial charge in [-0.25, -0.2) is 4.39 Å². The van der Waals surface area contributed by atoms with Gasteiger partial charge >= 0.3 is 0 Å². The van der Waals surface area contributed by atoms with E-state index in [0.717, 1.165) is 5.56 Å². The Bertz CT molecular complexity index is 336. The molecule has 0 bridgehead atoms. The maximum absolute atomic E-state index is 13.2. The number of alkyl halides is 1. The summed E-state index contributed by atoms with van der Waals surface area (Å²) in [5.74, 6) is 0.590. The highest BCUT2D eigenvalue weighted by atomic mass is 35.5. The van der Waals surface area contributed by atoms with Crippen molar-refractivity contribution in [3.05, 3.63) is 28.8 Å². The highest BCUT2D eigenvalue weighted by Crippen LogP contribution is 2.23. The molecule has 0 aliphatic heterocycles. The average molecular weight is 232 g/mol. The smallest absolute Gasteiger partial charge is 0.139 e. The minimum Gasteiger partial charge on any atom is -0.490 e. The topological polar surface area (TPSA) is 35.2 Å². The molecule has 1 rings (SSSR count). The van der Waals surface area contributed by atoms with Crippen LogP contribution in [0, 0.1) is 0 Å². The normalized spacial score (nSPS) is 11.5. The molecule has 4 heteroatoms. The van der Waals surface area contributed by atoms with Crippen LogP contribution in [0.25, 0.3) is 0 Å². The second kappa shape index (κ2) is 4.81. The summed E-state index contributed by atoms with van der Waals surface area (Å²) in [5, 5.41) is 0.599. The minimum atomic E-state index is -1.36. The number of nitrogens with two attached hydrogens (primary N) is 1. The van der Waals surface area contributed by atoms with Gasteiger partial charge in [-0.05, 0) is 32.0 Å². The zero-order valence-electron chi connectivity index (χ0n) is 8.89. The third kappa shape index (κ3) is 4.06. The van der Waals surface area contributed by atoms with Crippen molar-refractivity contribution >= 4 is 11.6 Å². The van der Waals surface area contributed by atoms with Gasteiger partial charge in [-0.2, -0.15) is 0 Å². The molecule has 1 aromatic carbocycles. The Morgan fingerprint density at radius 1 is 1.47 bits per heavy atom. The van der Waals surface area contributed by atoms with Crippen molar-refractivity contribution in [1.29, 1.82) is 0 Å². The van der Waals surface area contributed by atoms with Crippen LogP contribution in [-0.2, 0) is 6.54 Å². The first-order chi connectivity index (χ1) is 6.92. The second-order valence-corrected chi connectivity index (χ2v) is 4.40. The molecule has 0 aliphatic carbocycles. The molecular weight excluding hydrogens is 217 g/mol. The lowest BCUT2D eigenvalue weighted by Gasteiger charge is -2.17. The summed E-state index contributed by atoms with van der Waals surface area (Å²) in [6.45, 7) is 3.25. The van der Waals surface area contributed by atoms with Crippen molar-refractivity contribution in [2.45, 2.75) is 26.1 Å². The molecular formula is C11H15ClFNO. The number of hydrogen-bond acceptors (Lipinski definition) is 2. The molecule has 84 valence electrons. The fourth-order valence-corrected chi connectivity index (χ4v) is 1.29. The van der Waals surface area contributed by atoms with Crippen molar-refractivity contribution in [2.75, 3.05) is 6.61 Å². The Balaban J connectivity index is 2.76. The highest BCUT2D eigenvalue weighted by Gasteiger charge is 2.17. The van der Waals surface area contributed by atoms with Crippen LogP contribution >= 0.6 is 11.6 Å². The van der Waals surface area contributed by atoms with E-state index in [1.54, 1.807) is 18.2 Å². The number of hydrogen-bond donors (Lipinski definition) is 1. The molecule has 0 aliphatic rings. The molecule has 0 saturated carbocycles. The lowest BCUT2D eigenvalue weighted by Crippen LogP contribution is -2.23. The van der Waals surface area contributed by atoms with E-state index in [2.05, 4.69) is 0 Å². The van der Waals surface area contributed by atoms with E-state index < -0.39 is 5.67 Å². The maximum Gasteiger partial charge on any atom is 0.139 e. The van der Waals surface area contributed by atoms with Gasteiger partial charge in [0.1, 0.15) is 18.0 Å². The zero-order valence-corrected chi connectivity index (χ0v) is 9.64. The van der Waals surface area contributed by atoms with Crippen LogP contribution in [0.3, 0.4) is 0 Å². The Kier molecular flexibility index (Phi) is 3.94.